The molecule has 0 aliphatic carbocycles. The van der Waals surface area contributed by atoms with Gasteiger partial charge in [0.05, 0.1) is 11.9 Å². The fourth-order valence-electron chi connectivity index (χ4n) is 1.90. The van der Waals surface area contributed by atoms with Gasteiger partial charge >= 0.3 is 0 Å². The molecule has 0 aliphatic heterocycles. The first-order valence-corrected chi connectivity index (χ1v) is 6.00. The molecule has 4 nitrogen and oxygen atoms in total. The van der Waals surface area contributed by atoms with Crippen molar-refractivity contribution in [3.8, 4) is 5.82 Å². The summed E-state index contributed by atoms with van der Waals surface area (Å²) in [6, 6.07) is 3.48. The number of nitrogens with zero attached hydrogens (tertiary/aromatic N) is 3. The van der Waals surface area contributed by atoms with E-state index in [4.69, 9.17) is 0 Å². The van der Waals surface area contributed by atoms with Gasteiger partial charge < -0.3 is 5.32 Å². The summed E-state index contributed by atoms with van der Waals surface area (Å²) in [5.41, 5.74) is 2.72. The van der Waals surface area contributed by atoms with Crippen LogP contribution in [0.2, 0.25) is 0 Å². The summed E-state index contributed by atoms with van der Waals surface area (Å²) in [5.74, 6) is 0.358. The molecule has 0 aliphatic rings. The monoisotopic (exact) mass is 248 g/mol. The average Bonchev–Trinajstić information content (AvgIpc) is 2.66. The van der Waals surface area contributed by atoms with Crippen molar-refractivity contribution in [3.63, 3.8) is 0 Å². The van der Waals surface area contributed by atoms with Crippen LogP contribution >= 0.6 is 0 Å². The smallest absolute Gasteiger partial charge is 0.158 e. The fraction of sp³-hybridized carbons (Fsp3) is 0.385. The highest BCUT2D eigenvalue weighted by molar-refractivity contribution is 5.35. The SMILES string of the molecule is CCNCc1cc(F)cnc1-n1nc(C)cc1C. The molecule has 2 aromatic rings. The maximum atomic E-state index is 13.3. The average molecular weight is 248 g/mol. The van der Waals surface area contributed by atoms with Gasteiger partial charge in [-0.05, 0) is 32.5 Å². The highest BCUT2D eigenvalue weighted by atomic mass is 19.1. The molecular weight excluding hydrogens is 231 g/mol. The van der Waals surface area contributed by atoms with Gasteiger partial charge in [0.1, 0.15) is 5.82 Å². The van der Waals surface area contributed by atoms with Gasteiger partial charge in [-0.3, -0.25) is 0 Å². The van der Waals surface area contributed by atoms with Gasteiger partial charge in [0, 0.05) is 17.8 Å². The molecule has 0 spiro atoms. The molecule has 0 saturated carbocycles. The Morgan fingerprint density at radius 2 is 2.11 bits per heavy atom. The Kier molecular flexibility index (Phi) is 3.72. The number of pyridine rings is 1. The minimum absolute atomic E-state index is 0.326. The van der Waals surface area contributed by atoms with Crippen LogP contribution in [0.15, 0.2) is 18.3 Å². The van der Waals surface area contributed by atoms with Crippen molar-refractivity contribution in [2.45, 2.75) is 27.3 Å². The molecule has 96 valence electrons. The lowest BCUT2D eigenvalue weighted by atomic mass is 10.2. The van der Waals surface area contributed by atoms with Gasteiger partial charge in [0.2, 0.25) is 0 Å². The van der Waals surface area contributed by atoms with Gasteiger partial charge in [-0.1, -0.05) is 6.92 Å². The normalized spacial score (nSPS) is 10.9. The molecule has 5 heteroatoms. The van der Waals surface area contributed by atoms with Crippen molar-refractivity contribution >= 4 is 0 Å². The molecular formula is C13H17FN4. The fourth-order valence-corrected chi connectivity index (χ4v) is 1.90. The van der Waals surface area contributed by atoms with Gasteiger partial charge in [-0.25, -0.2) is 14.1 Å². The number of rotatable bonds is 4. The minimum Gasteiger partial charge on any atom is -0.313 e. The van der Waals surface area contributed by atoms with E-state index in [-0.39, 0.29) is 5.82 Å². The number of halogens is 1. The number of aryl methyl sites for hydroxylation is 2. The summed E-state index contributed by atoms with van der Waals surface area (Å²) in [6.45, 7) is 7.30. The molecule has 2 heterocycles. The van der Waals surface area contributed by atoms with Crippen LogP contribution in [0.25, 0.3) is 5.82 Å². The molecule has 0 amide bonds. The van der Waals surface area contributed by atoms with Crippen molar-refractivity contribution in [1.29, 1.82) is 0 Å². The second-order valence-corrected chi connectivity index (χ2v) is 4.26. The Morgan fingerprint density at radius 3 is 2.72 bits per heavy atom. The second-order valence-electron chi connectivity index (χ2n) is 4.26. The summed E-state index contributed by atoms with van der Waals surface area (Å²) in [7, 11) is 0. The van der Waals surface area contributed by atoms with Crippen LogP contribution in [-0.4, -0.2) is 21.3 Å². The first kappa shape index (κ1) is 12.7. The van der Waals surface area contributed by atoms with Crippen LogP contribution in [0.1, 0.15) is 23.9 Å². The molecule has 0 unspecified atom stereocenters. The highest BCUT2D eigenvalue weighted by Gasteiger charge is 2.11. The van der Waals surface area contributed by atoms with E-state index in [1.807, 2.05) is 26.8 Å². The van der Waals surface area contributed by atoms with Gasteiger partial charge in [-0.15, -0.1) is 0 Å². The van der Waals surface area contributed by atoms with Crippen molar-refractivity contribution in [1.82, 2.24) is 20.1 Å². The third-order valence-corrected chi connectivity index (χ3v) is 2.69. The lowest BCUT2D eigenvalue weighted by Crippen LogP contribution is -2.16. The molecule has 1 N–H and O–H groups in total. The van der Waals surface area contributed by atoms with E-state index in [1.54, 1.807) is 4.68 Å². The Balaban J connectivity index is 2.46. The molecule has 2 rings (SSSR count). The van der Waals surface area contributed by atoms with Crippen molar-refractivity contribution in [2.75, 3.05) is 6.54 Å². The summed E-state index contributed by atoms with van der Waals surface area (Å²) in [5, 5.41) is 7.56. The number of hydrogen-bond donors (Lipinski definition) is 1. The number of hydrogen-bond acceptors (Lipinski definition) is 3. The summed E-state index contributed by atoms with van der Waals surface area (Å²) in [6.07, 6.45) is 1.22. The van der Waals surface area contributed by atoms with E-state index in [0.29, 0.717) is 12.4 Å². The van der Waals surface area contributed by atoms with Crippen molar-refractivity contribution in [2.24, 2.45) is 0 Å². The Labute approximate surface area is 106 Å². The zero-order valence-electron chi connectivity index (χ0n) is 10.9. The first-order valence-electron chi connectivity index (χ1n) is 6.00. The predicted molar refractivity (Wildman–Crippen MR) is 68.2 cm³/mol. The Morgan fingerprint density at radius 1 is 1.33 bits per heavy atom. The lowest BCUT2D eigenvalue weighted by Gasteiger charge is -2.10. The molecule has 2 aromatic heterocycles. The predicted octanol–water partition coefficient (Wildman–Crippen LogP) is 2.13. The van der Waals surface area contributed by atoms with E-state index >= 15 is 0 Å². The Hall–Kier alpha value is -1.75. The van der Waals surface area contributed by atoms with Crippen LogP contribution in [0.4, 0.5) is 4.39 Å². The molecule has 0 aromatic carbocycles. The largest absolute Gasteiger partial charge is 0.313 e. The summed E-state index contributed by atoms with van der Waals surface area (Å²) >= 11 is 0. The number of nitrogens with one attached hydrogen (secondary N) is 1. The minimum atomic E-state index is -0.326. The quantitative estimate of drug-likeness (QED) is 0.901. The van der Waals surface area contributed by atoms with Gasteiger partial charge in [-0.2, -0.15) is 5.10 Å². The summed E-state index contributed by atoms with van der Waals surface area (Å²) < 4.78 is 15.0. The second kappa shape index (κ2) is 5.27. The first-order chi connectivity index (χ1) is 8.61. The third kappa shape index (κ3) is 2.56. The van der Waals surface area contributed by atoms with E-state index in [1.165, 1.54) is 12.3 Å². The van der Waals surface area contributed by atoms with E-state index in [0.717, 1.165) is 23.5 Å². The van der Waals surface area contributed by atoms with E-state index < -0.39 is 0 Å². The molecule has 18 heavy (non-hydrogen) atoms. The highest BCUT2D eigenvalue weighted by Crippen LogP contribution is 2.15. The van der Waals surface area contributed by atoms with Gasteiger partial charge in [0.25, 0.3) is 0 Å². The molecule has 0 atom stereocenters. The Bertz CT molecular complexity index is 548. The standard InChI is InChI=1S/C13H17FN4/c1-4-15-7-11-6-12(14)8-16-13(11)18-10(3)5-9(2)17-18/h5-6,8,15H,4,7H2,1-3H3. The zero-order valence-corrected chi connectivity index (χ0v) is 10.9. The molecule has 0 radical (unpaired) electrons. The van der Waals surface area contributed by atoms with Crippen LogP contribution in [0.5, 0.6) is 0 Å². The maximum Gasteiger partial charge on any atom is 0.158 e. The molecule has 0 bridgehead atoms. The molecule has 0 saturated heterocycles. The van der Waals surface area contributed by atoms with E-state index in [9.17, 15) is 4.39 Å². The third-order valence-electron chi connectivity index (χ3n) is 2.69. The van der Waals surface area contributed by atoms with Crippen LogP contribution in [-0.2, 0) is 6.54 Å². The topological polar surface area (TPSA) is 42.7 Å². The van der Waals surface area contributed by atoms with Crippen LogP contribution in [0.3, 0.4) is 0 Å². The summed E-state index contributed by atoms with van der Waals surface area (Å²) in [4.78, 5) is 4.16. The zero-order chi connectivity index (χ0) is 13.1. The van der Waals surface area contributed by atoms with Crippen molar-refractivity contribution < 1.29 is 4.39 Å². The number of aromatic nitrogens is 3. The maximum absolute atomic E-state index is 13.3. The van der Waals surface area contributed by atoms with Crippen LogP contribution < -0.4 is 5.32 Å². The van der Waals surface area contributed by atoms with Crippen molar-refractivity contribution in [3.05, 3.63) is 41.1 Å². The van der Waals surface area contributed by atoms with Crippen LogP contribution in [0, 0.1) is 19.7 Å². The lowest BCUT2D eigenvalue weighted by molar-refractivity contribution is 0.609. The molecule has 0 fully saturated rings. The van der Waals surface area contributed by atoms with Gasteiger partial charge in [0.15, 0.2) is 5.82 Å². The van der Waals surface area contributed by atoms with E-state index in [2.05, 4.69) is 15.4 Å².